The van der Waals surface area contributed by atoms with Crippen molar-refractivity contribution in [3.8, 4) is 0 Å². The summed E-state index contributed by atoms with van der Waals surface area (Å²) < 4.78 is 4.86. The molecular weight excluding hydrogens is 248 g/mol. The van der Waals surface area contributed by atoms with E-state index in [1.807, 2.05) is 6.92 Å². The molecule has 0 aromatic rings. The van der Waals surface area contributed by atoms with Crippen molar-refractivity contribution in [1.82, 2.24) is 0 Å². The van der Waals surface area contributed by atoms with Crippen LogP contribution in [-0.4, -0.2) is 24.9 Å². The Morgan fingerprint density at radius 3 is 2.23 bits per heavy atom. The summed E-state index contributed by atoms with van der Waals surface area (Å²) in [6.07, 6.45) is 0.513. The first kappa shape index (κ1) is 13.3. The van der Waals surface area contributed by atoms with Gasteiger partial charge in [-0.15, -0.1) is 0 Å². The number of carbonyl (C=O) groups excluding carboxylic acids is 1. The van der Waals surface area contributed by atoms with Crippen LogP contribution in [0.2, 0.25) is 15.8 Å². The maximum absolute atomic E-state index is 11.1. The predicted octanol–water partition coefficient (Wildman–Crippen LogP) is 3.16. The van der Waals surface area contributed by atoms with Crippen molar-refractivity contribution >= 4 is 28.3 Å². The van der Waals surface area contributed by atoms with Crippen LogP contribution in [0, 0.1) is 0 Å². The van der Waals surface area contributed by atoms with Crippen LogP contribution in [0.5, 0.6) is 0 Å². The normalized spacial score (nSPS) is 11.4. The van der Waals surface area contributed by atoms with Gasteiger partial charge in [-0.3, -0.25) is 0 Å². The standard InChI is InChI=1S/C9H19ClGeO2/c1-4-11(10,5-2)8-7-9(12)13-6-3/h4-8H2,1-3H3. The molecule has 0 atom stereocenters. The molecule has 0 amide bonds. The van der Waals surface area contributed by atoms with Crippen molar-refractivity contribution in [3.63, 3.8) is 0 Å². The van der Waals surface area contributed by atoms with Crippen molar-refractivity contribution in [2.75, 3.05) is 6.61 Å². The Bertz CT molecular complexity index is 158. The van der Waals surface area contributed by atoms with Gasteiger partial charge in [-0.25, -0.2) is 0 Å². The number of ether oxygens (including phenoxy) is 1. The number of esters is 1. The zero-order valence-corrected chi connectivity index (χ0v) is 11.6. The number of hydrogen-bond acceptors (Lipinski definition) is 2. The maximum atomic E-state index is 11.1. The van der Waals surface area contributed by atoms with Gasteiger partial charge in [-0.1, -0.05) is 0 Å². The Labute approximate surface area is 87.5 Å². The molecule has 0 bridgehead atoms. The summed E-state index contributed by atoms with van der Waals surface area (Å²) in [7, 11) is 6.43. The average molecular weight is 267 g/mol. The Hall–Kier alpha value is 0.303. The summed E-state index contributed by atoms with van der Waals surface area (Å²) >= 11 is -2.11. The Balaban J connectivity index is 3.78. The zero-order chi connectivity index (χ0) is 10.3. The number of carbonyl (C=O) groups is 1. The first-order valence-electron chi connectivity index (χ1n) is 4.92. The van der Waals surface area contributed by atoms with E-state index in [0.29, 0.717) is 13.0 Å². The van der Waals surface area contributed by atoms with Crippen LogP contribution >= 0.6 is 10.0 Å². The van der Waals surface area contributed by atoms with Crippen LogP contribution in [-0.2, 0) is 9.53 Å². The number of halogens is 1. The van der Waals surface area contributed by atoms with E-state index in [4.69, 9.17) is 14.7 Å². The van der Waals surface area contributed by atoms with Crippen molar-refractivity contribution < 1.29 is 9.53 Å². The van der Waals surface area contributed by atoms with E-state index in [2.05, 4.69) is 13.8 Å². The van der Waals surface area contributed by atoms with Crippen LogP contribution < -0.4 is 0 Å². The topological polar surface area (TPSA) is 26.3 Å². The van der Waals surface area contributed by atoms with Crippen molar-refractivity contribution in [2.24, 2.45) is 0 Å². The van der Waals surface area contributed by atoms with Gasteiger partial charge in [0.2, 0.25) is 0 Å². The summed E-state index contributed by atoms with van der Waals surface area (Å²) in [6, 6.07) is 0. The molecule has 0 aromatic heterocycles. The van der Waals surface area contributed by atoms with Crippen molar-refractivity contribution in [1.29, 1.82) is 0 Å². The van der Waals surface area contributed by atoms with Gasteiger partial charge < -0.3 is 0 Å². The van der Waals surface area contributed by atoms with Gasteiger partial charge in [0.15, 0.2) is 0 Å². The minimum absolute atomic E-state index is 0.0972. The fourth-order valence-corrected chi connectivity index (χ4v) is 5.55. The molecular formula is C9H19ClGeO2. The molecule has 0 unspecified atom stereocenters. The molecule has 78 valence electrons. The van der Waals surface area contributed by atoms with Gasteiger partial charge in [0.1, 0.15) is 0 Å². The molecule has 0 fully saturated rings. The second-order valence-electron chi connectivity index (χ2n) is 3.16. The third-order valence-corrected chi connectivity index (χ3v) is 13.8. The first-order valence-corrected chi connectivity index (χ1v) is 12.1. The quantitative estimate of drug-likeness (QED) is 0.546. The summed E-state index contributed by atoms with van der Waals surface area (Å²) in [5.41, 5.74) is 0. The van der Waals surface area contributed by atoms with E-state index >= 15 is 0 Å². The summed E-state index contributed by atoms with van der Waals surface area (Å²) in [6.45, 7) is 6.55. The molecule has 0 heterocycles. The van der Waals surface area contributed by atoms with Gasteiger partial charge in [0, 0.05) is 0 Å². The molecule has 0 aromatic carbocycles. The molecule has 2 nitrogen and oxygen atoms in total. The van der Waals surface area contributed by atoms with E-state index in [-0.39, 0.29) is 5.97 Å². The van der Waals surface area contributed by atoms with Crippen LogP contribution in [0.1, 0.15) is 27.2 Å². The molecule has 0 spiro atoms. The molecule has 0 aliphatic heterocycles. The van der Waals surface area contributed by atoms with Crippen molar-refractivity contribution in [2.45, 2.75) is 43.0 Å². The van der Waals surface area contributed by atoms with E-state index in [1.165, 1.54) is 0 Å². The zero-order valence-electron chi connectivity index (χ0n) is 8.73. The SMILES string of the molecule is CCOC(=O)C[CH2][Ge]([Cl])([CH2]C)[CH2]C. The second-order valence-corrected chi connectivity index (χ2v) is 16.2. The van der Waals surface area contributed by atoms with Gasteiger partial charge >= 0.3 is 87.4 Å². The van der Waals surface area contributed by atoms with E-state index < -0.39 is 12.3 Å². The summed E-state index contributed by atoms with van der Waals surface area (Å²) in [4.78, 5) is 11.1. The second kappa shape index (κ2) is 6.71. The Morgan fingerprint density at radius 1 is 1.31 bits per heavy atom. The van der Waals surface area contributed by atoms with E-state index in [1.54, 1.807) is 0 Å². The number of rotatable bonds is 6. The monoisotopic (exact) mass is 268 g/mol. The molecule has 13 heavy (non-hydrogen) atoms. The van der Waals surface area contributed by atoms with Crippen LogP contribution in [0.3, 0.4) is 0 Å². The minimum atomic E-state index is -2.11. The van der Waals surface area contributed by atoms with Crippen molar-refractivity contribution in [3.05, 3.63) is 0 Å². The molecule has 4 heteroatoms. The molecule has 0 radical (unpaired) electrons. The van der Waals surface area contributed by atoms with Crippen LogP contribution in [0.15, 0.2) is 0 Å². The van der Waals surface area contributed by atoms with Gasteiger partial charge in [0.05, 0.1) is 0 Å². The summed E-state index contributed by atoms with van der Waals surface area (Å²) in [5.74, 6) is -0.0972. The third-order valence-electron chi connectivity index (χ3n) is 2.35. The Kier molecular flexibility index (Phi) is 6.87. The van der Waals surface area contributed by atoms with Crippen LogP contribution in [0.4, 0.5) is 0 Å². The average Bonchev–Trinajstić information content (AvgIpc) is 2.15. The fraction of sp³-hybridized carbons (Fsp3) is 0.889. The molecule has 0 saturated heterocycles. The van der Waals surface area contributed by atoms with Gasteiger partial charge in [-0.2, -0.15) is 0 Å². The molecule has 0 N–H and O–H groups in total. The van der Waals surface area contributed by atoms with Crippen LogP contribution in [0.25, 0.3) is 0 Å². The predicted molar refractivity (Wildman–Crippen MR) is 58.6 cm³/mol. The molecule has 0 rings (SSSR count). The van der Waals surface area contributed by atoms with E-state index in [9.17, 15) is 4.79 Å². The third kappa shape index (κ3) is 5.58. The van der Waals surface area contributed by atoms with Gasteiger partial charge in [0.25, 0.3) is 0 Å². The molecule has 0 aliphatic carbocycles. The number of hydrogen-bond donors (Lipinski definition) is 0. The first-order chi connectivity index (χ1) is 6.08. The Morgan fingerprint density at radius 2 is 1.85 bits per heavy atom. The summed E-state index contributed by atoms with van der Waals surface area (Å²) in [5, 5.41) is 3.06. The molecule has 0 saturated carbocycles. The fourth-order valence-electron chi connectivity index (χ4n) is 1.16. The van der Waals surface area contributed by atoms with Gasteiger partial charge in [-0.05, 0) is 0 Å². The molecule has 0 aliphatic rings. The van der Waals surface area contributed by atoms with E-state index in [0.717, 1.165) is 15.8 Å².